The van der Waals surface area contributed by atoms with Crippen LogP contribution in [0.25, 0.3) is 5.69 Å². The van der Waals surface area contributed by atoms with Gasteiger partial charge in [0.25, 0.3) is 5.91 Å². The van der Waals surface area contributed by atoms with Crippen molar-refractivity contribution >= 4 is 17.5 Å². The van der Waals surface area contributed by atoms with Gasteiger partial charge >= 0.3 is 0 Å². The van der Waals surface area contributed by atoms with E-state index in [4.69, 9.17) is 11.6 Å². The minimum Gasteiger partial charge on any atom is -0.345 e. The summed E-state index contributed by atoms with van der Waals surface area (Å²) in [5.41, 5.74) is 1.56. The molecule has 0 bridgehead atoms. The first-order valence-corrected chi connectivity index (χ1v) is 8.32. The summed E-state index contributed by atoms with van der Waals surface area (Å²) in [5.74, 6) is -1.88. The second-order valence-electron chi connectivity index (χ2n) is 5.86. The van der Waals surface area contributed by atoms with Crippen molar-refractivity contribution in [1.82, 2.24) is 15.1 Å². The Bertz CT molecular complexity index is 957. The number of rotatable bonds is 4. The van der Waals surface area contributed by atoms with Crippen molar-refractivity contribution in [3.8, 4) is 5.69 Å². The zero-order valence-electron chi connectivity index (χ0n) is 14.1. The van der Waals surface area contributed by atoms with Gasteiger partial charge in [0.1, 0.15) is 16.8 Å². The summed E-state index contributed by atoms with van der Waals surface area (Å²) in [4.78, 5) is 12.6. The fraction of sp³-hybridized carbons (Fsp3) is 0.158. The van der Waals surface area contributed by atoms with Gasteiger partial charge in [-0.15, -0.1) is 0 Å². The van der Waals surface area contributed by atoms with E-state index in [9.17, 15) is 13.6 Å². The summed E-state index contributed by atoms with van der Waals surface area (Å²) >= 11 is 6.36. The SMILES string of the molecule is Cc1nn(-c2ccccc2)c(Cl)c1C(=O)NC(C)c1ccc(F)cc1F. The number of nitrogens with one attached hydrogen (secondary N) is 1. The highest BCUT2D eigenvalue weighted by Crippen LogP contribution is 2.25. The minimum absolute atomic E-state index is 0.165. The molecule has 0 saturated carbocycles. The molecule has 3 aromatic rings. The molecule has 26 heavy (non-hydrogen) atoms. The Morgan fingerprint density at radius 1 is 1.19 bits per heavy atom. The lowest BCUT2D eigenvalue weighted by atomic mass is 10.1. The highest BCUT2D eigenvalue weighted by molar-refractivity contribution is 6.33. The number of amides is 1. The number of carbonyl (C=O) groups is 1. The minimum atomic E-state index is -0.722. The number of hydrogen-bond acceptors (Lipinski definition) is 2. The van der Waals surface area contributed by atoms with Gasteiger partial charge in [-0.25, -0.2) is 13.5 Å². The summed E-state index contributed by atoms with van der Waals surface area (Å²) in [6, 6.07) is 11.7. The molecule has 134 valence electrons. The van der Waals surface area contributed by atoms with E-state index in [1.807, 2.05) is 30.3 Å². The Hall–Kier alpha value is -2.73. The third-order valence-corrected chi connectivity index (χ3v) is 4.36. The lowest BCUT2D eigenvalue weighted by Crippen LogP contribution is -2.27. The Morgan fingerprint density at radius 2 is 1.88 bits per heavy atom. The zero-order chi connectivity index (χ0) is 18.8. The molecular formula is C19H16ClF2N3O. The predicted octanol–water partition coefficient (Wildman–Crippen LogP) is 4.60. The number of nitrogens with zero attached hydrogens (tertiary/aromatic N) is 2. The molecule has 0 saturated heterocycles. The molecular weight excluding hydrogens is 360 g/mol. The molecule has 0 fully saturated rings. The van der Waals surface area contributed by atoms with Crippen LogP contribution in [0.5, 0.6) is 0 Å². The maximum absolute atomic E-state index is 13.9. The van der Waals surface area contributed by atoms with Crippen LogP contribution in [-0.2, 0) is 0 Å². The number of carbonyl (C=O) groups excluding carboxylic acids is 1. The zero-order valence-corrected chi connectivity index (χ0v) is 14.9. The van der Waals surface area contributed by atoms with E-state index in [1.54, 1.807) is 13.8 Å². The molecule has 1 amide bonds. The van der Waals surface area contributed by atoms with Crippen LogP contribution in [0.15, 0.2) is 48.5 Å². The second-order valence-corrected chi connectivity index (χ2v) is 6.22. The normalized spacial score (nSPS) is 12.0. The van der Waals surface area contributed by atoms with Crippen LogP contribution in [0, 0.1) is 18.6 Å². The fourth-order valence-corrected chi connectivity index (χ4v) is 3.05. The number of hydrogen-bond donors (Lipinski definition) is 1. The van der Waals surface area contributed by atoms with Gasteiger partial charge in [-0.3, -0.25) is 4.79 Å². The summed E-state index contributed by atoms with van der Waals surface area (Å²) in [6.07, 6.45) is 0. The fourth-order valence-electron chi connectivity index (χ4n) is 2.70. The van der Waals surface area contributed by atoms with Crippen LogP contribution in [0.4, 0.5) is 8.78 Å². The summed E-state index contributed by atoms with van der Waals surface area (Å²) in [6.45, 7) is 3.28. The topological polar surface area (TPSA) is 46.9 Å². The first kappa shape index (κ1) is 18.1. The quantitative estimate of drug-likeness (QED) is 0.724. The molecule has 1 aromatic heterocycles. The molecule has 0 spiro atoms. The molecule has 0 radical (unpaired) electrons. The van der Waals surface area contributed by atoms with Gasteiger partial charge in [0.2, 0.25) is 0 Å². The van der Waals surface area contributed by atoms with Crippen molar-refractivity contribution in [3.63, 3.8) is 0 Å². The molecule has 7 heteroatoms. The Morgan fingerprint density at radius 3 is 2.54 bits per heavy atom. The number of benzene rings is 2. The lowest BCUT2D eigenvalue weighted by molar-refractivity contribution is 0.0939. The van der Waals surface area contributed by atoms with Gasteiger partial charge < -0.3 is 5.32 Å². The average Bonchev–Trinajstić information content (AvgIpc) is 2.90. The van der Waals surface area contributed by atoms with Gasteiger partial charge in [-0.05, 0) is 32.0 Å². The standard InChI is InChI=1S/C19H16ClF2N3O/c1-11(15-9-8-13(21)10-16(15)22)23-19(26)17-12(2)24-25(18(17)20)14-6-4-3-5-7-14/h3-11H,1-2H3,(H,23,26). The molecule has 0 aliphatic heterocycles. The van der Waals surface area contributed by atoms with Gasteiger partial charge in [-0.2, -0.15) is 5.10 Å². The molecule has 1 atom stereocenters. The Kier molecular flexibility index (Phi) is 5.04. The molecule has 3 rings (SSSR count). The third kappa shape index (κ3) is 3.46. The largest absolute Gasteiger partial charge is 0.345 e. The van der Waals surface area contributed by atoms with Crippen molar-refractivity contribution in [1.29, 1.82) is 0 Å². The summed E-state index contributed by atoms with van der Waals surface area (Å²) in [5, 5.41) is 7.16. The van der Waals surface area contributed by atoms with Crippen LogP contribution in [0.1, 0.15) is 34.6 Å². The average molecular weight is 376 g/mol. The van der Waals surface area contributed by atoms with Crippen LogP contribution in [-0.4, -0.2) is 15.7 Å². The van der Waals surface area contributed by atoms with E-state index < -0.39 is 23.6 Å². The van der Waals surface area contributed by atoms with Crippen molar-refractivity contribution in [2.75, 3.05) is 0 Å². The Balaban J connectivity index is 1.87. The second kappa shape index (κ2) is 7.25. The van der Waals surface area contributed by atoms with Crippen molar-refractivity contribution in [3.05, 3.63) is 82.1 Å². The van der Waals surface area contributed by atoms with Crippen molar-refractivity contribution < 1.29 is 13.6 Å². The van der Waals surface area contributed by atoms with E-state index in [1.165, 1.54) is 10.7 Å². The van der Waals surface area contributed by atoms with Crippen molar-refractivity contribution in [2.24, 2.45) is 0 Å². The molecule has 1 heterocycles. The molecule has 1 N–H and O–H groups in total. The smallest absolute Gasteiger partial charge is 0.256 e. The molecule has 0 aliphatic carbocycles. The van der Waals surface area contributed by atoms with Crippen LogP contribution in [0.3, 0.4) is 0 Å². The maximum Gasteiger partial charge on any atom is 0.256 e. The molecule has 4 nitrogen and oxygen atoms in total. The monoisotopic (exact) mass is 375 g/mol. The van der Waals surface area contributed by atoms with E-state index in [0.29, 0.717) is 5.69 Å². The first-order chi connectivity index (χ1) is 12.4. The number of halogens is 3. The van der Waals surface area contributed by atoms with Gasteiger partial charge in [0, 0.05) is 11.6 Å². The van der Waals surface area contributed by atoms with E-state index >= 15 is 0 Å². The maximum atomic E-state index is 13.9. The van der Waals surface area contributed by atoms with Crippen LogP contribution in [0.2, 0.25) is 5.15 Å². The van der Waals surface area contributed by atoms with Gasteiger partial charge in [0.15, 0.2) is 0 Å². The summed E-state index contributed by atoms with van der Waals surface area (Å²) < 4.78 is 28.4. The lowest BCUT2D eigenvalue weighted by Gasteiger charge is -2.15. The van der Waals surface area contributed by atoms with Crippen molar-refractivity contribution in [2.45, 2.75) is 19.9 Å². The van der Waals surface area contributed by atoms with E-state index in [0.717, 1.165) is 17.8 Å². The molecule has 2 aromatic carbocycles. The van der Waals surface area contributed by atoms with Gasteiger partial charge in [0.05, 0.1) is 23.0 Å². The highest BCUT2D eigenvalue weighted by Gasteiger charge is 2.23. The van der Waals surface area contributed by atoms with E-state index in [-0.39, 0.29) is 16.3 Å². The number of para-hydroxylation sites is 1. The summed E-state index contributed by atoms with van der Waals surface area (Å²) in [7, 11) is 0. The molecule has 1 unspecified atom stereocenters. The van der Waals surface area contributed by atoms with Crippen LogP contribution < -0.4 is 5.32 Å². The first-order valence-electron chi connectivity index (χ1n) is 7.95. The molecule has 0 aliphatic rings. The number of aryl methyl sites for hydroxylation is 1. The highest BCUT2D eigenvalue weighted by atomic mass is 35.5. The van der Waals surface area contributed by atoms with Crippen LogP contribution >= 0.6 is 11.6 Å². The Labute approximate surface area is 154 Å². The number of aromatic nitrogens is 2. The predicted molar refractivity (Wildman–Crippen MR) is 95.6 cm³/mol. The van der Waals surface area contributed by atoms with Gasteiger partial charge in [-0.1, -0.05) is 35.9 Å². The van der Waals surface area contributed by atoms with E-state index in [2.05, 4.69) is 10.4 Å². The third-order valence-electron chi connectivity index (χ3n) is 4.01.